The minimum absolute atomic E-state index is 0.0226. The van der Waals surface area contributed by atoms with Gasteiger partial charge in [0.05, 0.1) is 6.04 Å². The first-order valence-corrected chi connectivity index (χ1v) is 6.13. The van der Waals surface area contributed by atoms with Crippen LogP contribution in [0.3, 0.4) is 0 Å². The van der Waals surface area contributed by atoms with Crippen LogP contribution in [0.4, 0.5) is 0 Å². The van der Waals surface area contributed by atoms with E-state index < -0.39 is 0 Å². The van der Waals surface area contributed by atoms with E-state index in [0.717, 1.165) is 11.1 Å². The van der Waals surface area contributed by atoms with Crippen molar-refractivity contribution in [2.45, 2.75) is 6.04 Å². The molecule has 1 atom stereocenters. The zero-order chi connectivity index (χ0) is 11.0. The van der Waals surface area contributed by atoms with Crippen LogP contribution in [0.1, 0.15) is 17.2 Å². The molecule has 2 aromatic heterocycles. The lowest BCUT2D eigenvalue weighted by atomic mass is 10.0. The Bertz CT molecular complexity index is 595. The Kier molecular flexibility index (Phi) is 2.27. The fourth-order valence-corrected chi connectivity index (χ4v) is 2.61. The number of hydrogen-bond donors (Lipinski definition) is 2. The second-order valence-electron chi connectivity index (χ2n) is 3.86. The highest BCUT2D eigenvalue weighted by molar-refractivity contribution is 7.08. The van der Waals surface area contributed by atoms with Crippen LogP contribution in [0, 0.1) is 0 Å². The zero-order valence-corrected chi connectivity index (χ0v) is 9.50. The van der Waals surface area contributed by atoms with Gasteiger partial charge in [0.15, 0.2) is 0 Å². The predicted octanol–water partition coefficient (Wildman–Crippen LogP) is 3.28. The second-order valence-corrected chi connectivity index (χ2v) is 4.64. The van der Waals surface area contributed by atoms with Gasteiger partial charge in [0.25, 0.3) is 0 Å². The summed E-state index contributed by atoms with van der Waals surface area (Å²) in [6.45, 7) is 0. The molecule has 0 aliphatic carbocycles. The van der Waals surface area contributed by atoms with E-state index in [-0.39, 0.29) is 6.04 Å². The number of nitrogens with one attached hydrogen (secondary N) is 1. The van der Waals surface area contributed by atoms with Crippen LogP contribution in [0.25, 0.3) is 10.9 Å². The largest absolute Gasteiger partial charge is 0.361 e. The van der Waals surface area contributed by atoms with Crippen LogP contribution in [0.5, 0.6) is 0 Å². The average molecular weight is 228 g/mol. The third-order valence-electron chi connectivity index (χ3n) is 2.84. The Morgan fingerprint density at radius 3 is 2.88 bits per heavy atom. The van der Waals surface area contributed by atoms with E-state index in [1.54, 1.807) is 11.3 Å². The summed E-state index contributed by atoms with van der Waals surface area (Å²) in [5.74, 6) is 0. The number of aromatic amines is 1. The lowest BCUT2D eigenvalue weighted by Gasteiger charge is -2.10. The third kappa shape index (κ3) is 1.54. The first-order chi connectivity index (χ1) is 7.84. The third-order valence-corrected chi connectivity index (χ3v) is 3.54. The molecule has 1 aromatic carbocycles. The van der Waals surface area contributed by atoms with Gasteiger partial charge in [-0.25, -0.2) is 0 Å². The van der Waals surface area contributed by atoms with Gasteiger partial charge < -0.3 is 10.7 Å². The SMILES string of the molecule is N[C@@H](c1ccsc1)c1ccc2[nH]ccc2c1. The van der Waals surface area contributed by atoms with E-state index in [0.29, 0.717) is 0 Å². The van der Waals surface area contributed by atoms with Crippen LogP contribution in [0.2, 0.25) is 0 Å². The summed E-state index contributed by atoms with van der Waals surface area (Å²) in [4.78, 5) is 3.18. The fourth-order valence-electron chi connectivity index (χ4n) is 1.91. The molecule has 3 rings (SSSR count). The molecule has 0 spiro atoms. The summed E-state index contributed by atoms with van der Waals surface area (Å²) in [7, 11) is 0. The Labute approximate surface area is 97.7 Å². The van der Waals surface area contributed by atoms with Crippen LogP contribution in [0.15, 0.2) is 47.3 Å². The molecule has 2 nitrogen and oxygen atoms in total. The monoisotopic (exact) mass is 228 g/mol. The number of aromatic nitrogens is 1. The molecule has 3 aromatic rings. The first-order valence-electron chi connectivity index (χ1n) is 5.19. The molecular formula is C13H12N2S. The normalized spacial score (nSPS) is 13.1. The molecule has 3 heteroatoms. The number of rotatable bonds is 2. The molecule has 0 bridgehead atoms. The van der Waals surface area contributed by atoms with E-state index in [9.17, 15) is 0 Å². The molecule has 0 saturated carbocycles. The summed E-state index contributed by atoms with van der Waals surface area (Å²) in [6, 6.07) is 10.4. The van der Waals surface area contributed by atoms with Gasteiger partial charge in [0.1, 0.15) is 0 Å². The molecule has 0 radical (unpaired) electrons. The van der Waals surface area contributed by atoms with Crippen molar-refractivity contribution in [1.82, 2.24) is 4.98 Å². The quantitative estimate of drug-likeness (QED) is 0.694. The van der Waals surface area contributed by atoms with Crippen LogP contribution in [-0.2, 0) is 0 Å². The molecule has 0 saturated heterocycles. The molecule has 0 aliphatic rings. The lowest BCUT2D eigenvalue weighted by Crippen LogP contribution is -2.10. The van der Waals surface area contributed by atoms with Crippen molar-refractivity contribution in [1.29, 1.82) is 0 Å². The van der Waals surface area contributed by atoms with Crippen LogP contribution in [-0.4, -0.2) is 4.98 Å². The second kappa shape index (κ2) is 3.77. The van der Waals surface area contributed by atoms with Crippen molar-refractivity contribution < 1.29 is 0 Å². The first kappa shape index (κ1) is 9.63. The van der Waals surface area contributed by atoms with Crippen molar-refractivity contribution in [2.24, 2.45) is 5.73 Å². The Balaban J connectivity index is 2.05. The van der Waals surface area contributed by atoms with Gasteiger partial charge in [-0.3, -0.25) is 0 Å². The summed E-state index contributed by atoms with van der Waals surface area (Å²) >= 11 is 1.68. The number of hydrogen-bond acceptors (Lipinski definition) is 2. The van der Waals surface area contributed by atoms with Gasteiger partial charge in [-0.2, -0.15) is 11.3 Å². The van der Waals surface area contributed by atoms with Gasteiger partial charge in [-0.05, 0) is 51.5 Å². The van der Waals surface area contributed by atoms with Gasteiger partial charge >= 0.3 is 0 Å². The highest BCUT2D eigenvalue weighted by atomic mass is 32.1. The number of nitrogens with two attached hydrogens (primary N) is 1. The summed E-state index contributed by atoms with van der Waals surface area (Å²) in [5.41, 5.74) is 9.71. The predicted molar refractivity (Wildman–Crippen MR) is 68.6 cm³/mol. The summed E-state index contributed by atoms with van der Waals surface area (Å²) in [5, 5.41) is 5.37. The van der Waals surface area contributed by atoms with Crippen LogP contribution >= 0.6 is 11.3 Å². The molecule has 16 heavy (non-hydrogen) atoms. The number of benzene rings is 1. The molecular weight excluding hydrogens is 216 g/mol. The number of H-pyrrole nitrogens is 1. The number of fused-ring (bicyclic) bond motifs is 1. The van der Waals surface area contributed by atoms with Crippen molar-refractivity contribution >= 4 is 22.2 Å². The maximum atomic E-state index is 6.22. The summed E-state index contributed by atoms with van der Waals surface area (Å²) < 4.78 is 0. The average Bonchev–Trinajstić information content (AvgIpc) is 2.98. The van der Waals surface area contributed by atoms with Gasteiger partial charge in [-0.1, -0.05) is 6.07 Å². The van der Waals surface area contributed by atoms with E-state index in [2.05, 4.69) is 46.1 Å². The van der Waals surface area contributed by atoms with Crippen LogP contribution < -0.4 is 5.73 Å². The maximum absolute atomic E-state index is 6.22. The van der Waals surface area contributed by atoms with Crippen molar-refractivity contribution in [3.63, 3.8) is 0 Å². The molecule has 0 aliphatic heterocycles. The molecule has 0 unspecified atom stereocenters. The molecule has 3 N–H and O–H groups in total. The molecule has 80 valence electrons. The zero-order valence-electron chi connectivity index (χ0n) is 8.68. The highest BCUT2D eigenvalue weighted by Gasteiger charge is 2.09. The van der Waals surface area contributed by atoms with E-state index in [1.165, 1.54) is 10.9 Å². The topological polar surface area (TPSA) is 41.8 Å². The van der Waals surface area contributed by atoms with Gasteiger partial charge in [-0.15, -0.1) is 0 Å². The van der Waals surface area contributed by atoms with E-state index >= 15 is 0 Å². The van der Waals surface area contributed by atoms with Crippen molar-refractivity contribution in [3.8, 4) is 0 Å². The van der Waals surface area contributed by atoms with E-state index in [4.69, 9.17) is 5.73 Å². The lowest BCUT2D eigenvalue weighted by molar-refractivity contribution is 0.879. The van der Waals surface area contributed by atoms with Crippen molar-refractivity contribution in [3.05, 3.63) is 58.4 Å². The smallest absolute Gasteiger partial charge is 0.0560 e. The van der Waals surface area contributed by atoms with Gasteiger partial charge in [0.2, 0.25) is 0 Å². The van der Waals surface area contributed by atoms with Gasteiger partial charge in [0, 0.05) is 11.7 Å². The number of thiophene rings is 1. The minimum Gasteiger partial charge on any atom is -0.361 e. The minimum atomic E-state index is -0.0226. The Morgan fingerprint density at radius 1 is 1.12 bits per heavy atom. The summed E-state index contributed by atoms with van der Waals surface area (Å²) in [6.07, 6.45) is 1.95. The Hall–Kier alpha value is -1.58. The molecule has 0 fully saturated rings. The van der Waals surface area contributed by atoms with E-state index in [1.807, 2.05) is 6.20 Å². The maximum Gasteiger partial charge on any atom is 0.0560 e. The molecule has 2 heterocycles. The fraction of sp³-hybridized carbons (Fsp3) is 0.0769. The Morgan fingerprint density at radius 2 is 2.06 bits per heavy atom. The standard InChI is InChI=1S/C13H12N2S/c14-13(11-4-6-16-8-11)10-1-2-12-9(7-10)3-5-15-12/h1-8,13,15H,14H2/t13-/m1/s1. The highest BCUT2D eigenvalue weighted by Crippen LogP contribution is 2.24. The molecule has 0 amide bonds. The van der Waals surface area contributed by atoms with Crippen molar-refractivity contribution in [2.75, 3.05) is 0 Å².